The van der Waals surface area contributed by atoms with E-state index in [1.54, 1.807) is 42.3 Å². The van der Waals surface area contributed by atoms with Crippen molar-refractivity contribution >= 4 is 46.6 Å². The van der Waals surface area contributed by atoms with Gasteiger partial charge in [-0.1, -0.05) is 36.4 Å². The maximum absolute atomic E-state index is 15.0. The summed E-state index contributed by atoms with van der Waals surface area (Å²) in [5, 5.41) is 15.1. The average molecular weight is 1110 g/mol. The first-order valence-corrected chi connectivity index (χ1v) is 28.2. The second-order valence-corrected chi connectivity index (χ2v) is 22.7. The van der Waals surface area contributed by atoms with E-state index in [1.165, 1.54) is 23.1 Å². The van der Waals surface area contributed by atoms with Gasteiger partial charge in [0.15, 0.2) is 0 Å². The zero-order chi connectivity index (χ0) is 56.8. The molecule has 80 heavy (non-hydrogen) atoms. The third kappa shape index (κ3) is 13.1. The van der Waals surface area contributed by atoms with Crippen LogP contribution in [0.15, 0.2) is 78.9 Å². The number of hydrogen-bond donors (Lipinski definition) is 6. The van der Waals surface area contributed by atoms with Crippen molar-refractivity contribution in [3.63, 3.8) is 0 Å². The van der Waals surface area contributed by atoms with Crippen LogP contribution in [0.4, 0.5) is 30.2 Å². The molecule has 430 valence electrons. The van der Waals surface area contributed by atoms with Gasteiger partial charge in [0, 0.05) is 107 Å². The van der Waals surface area contributed by atoms with Crippen LogP contribution in [-0.2, 0) is 51.8 Å². The Morgan fingerprint density at radius 3 is 2.35 bits per heavy atom. The Morgan fingerprint density at radius 2 is 1.62 bits per heavy atom. The number of hydrogen-bond acceptors (Lipinski definition) is 12. The van der Waals surface area contributed by atoms with Crippen LogP contribution >= 0.6 is 0 Å². The second-order valence-electron chi connectivity index (χ2n) is 22.7. The van der Waals surface area contributed by atoms with Crippen molar-refractivity contribution in [1.29, 1.82) is 0 Å². The summed E-state index contributed by atoms with van der Waals surface area (Å²) in [7, 11) is 1.76. The normalized spacial score (nSPS) is 23.7. The summed E-state index contributed by atoms with van der Waals surface area (Å²) < 4.78 is 55.2. The van der Waals surface area contributed by atoms with Crippen LogP contribution in [0.25, 0.3) is 0 Å². The summed E-state index contributed by atoms with van der Waals surface area (Å²) in [6.45, 7) is 13.7. The largest absolute Gasteiger partial charge is 0.381 e. The fourth-order valence-electron chi connectivity index (χ4n) is 12.2. The zero-order valence-electron chi connectivity index (χ0n) is 46.5. The number of morpholine rings is 1. The minimum atomic E-state index is -1.33. The summed E-state index contributed by atoms with van der Waals surface area (Å²) >= 11 is 0. The summed E-state index contributed by atoms with van der Waals surface area (Å²) in [5.74, 6) is -5.17. The first kappa shape index (κ1) is 58.4. The SMILES string of the molecule is CN[C@@H](C)C(N)[C@@H](C(=O)N1Cc2ccc(NC(=O)CCCNC(=O)[C@]3(C)CN(C(=O)CN4C[C@@H](C)NC[C@@H]4CN4CCOC[C@H]4C)c4cc(Cc5ccc(F)cc5)ccc43)cc2[C@H]1C(=O)Nc1c(F)cccc1F)C1CCOCC1. The first-order valence-electron chi connectivity index (χ1n) is 28.2. The fourth-order valence-corrected chi connectivity index (χ4v) is 12.2. The lowest BCUT2D eigenvalue weighted by atomic mass is 9.78. The molecule has 5 heterocycles. The van der Waals surface area contributed by atoms with E-state index in [-0.39, 0.29) is 98.6 Å². The molecule has 0 spiro atoms. The molecule has 0 bridgehead atoms. The number of nitrogens with zero attached hydrogens (tertiary/aromatic N) is 4. The number of ether oxygens (including phenoxy) is 2. The van der Waals surface area contributed by atoms with Crippen molar-refractivity contribution in [2.24, 2.45) is 17.6 Å². The van der Waals surface area contributed by atoms with Crippen LogP contribution in [-0.4, -0.2) is 154 Å². The number of rotatable bonds is 19. The Bertz CT molecular complexity index is 2870. The van der Waals surface area contributed by atoms with Crippen molar-refractivity contribution in [3.05, 3.63) is 124 Å². The summed E-state index contributed by atoms with van der Waals surface area (Å²) in [6, 6.07) is 18.6. The molecular weight excluding hydrogens is 1030 g/mol. The molecule has 5 aliphatic heterocycles. The molecule has 3 fully saturated rings. The highest BCUT2D eigenvalue weighted by atomic mass is 19.1. The lowest BCUT2D eigenvalue weighted by Gasteiger charge is -2.43. The van der Waals surface area contributed by atoms with Gasteiger partial charge in [0.05, 0.1) is 31.1 Å². The molecule has 5 amide bonds. The highest BCUT2D eigenvalue weighted by molar-refractivity contribution is 6.03. The quantitative estimate of drug-likeness (QED) is 0.0671. The first-order chi connectivity index (χ1) is 38.4. The third-order valence-electron chi connectivity index (χ3n) is 17.1. The van der Waals surface area contributed by atoms with Crippen LogP contribution in [0.3, 0.4) is 0 Å². The summed E-state index contributed by atoms with van der Waals surface area (Å²) in [6.07, 6.45) is 1.93. The van der Waals surface area contributed by atoms with Crippen LogP contribution in [0.1, 0.15) is 87.2 Å². The average Bonchev–Trinajstić information content (AvgIpc) is 3.99. The van der Waals surface area contributed by atoms with Gasteiger partial charge in [-0.25, -0.2) is 13.2 Å². The van der Waals surface area contributed by atoms with E-state index >= 15 is 8.78 Å². The maximum Gasteiger partial charge on any atom is 0.252 e. The second kappa shape index (κ2) is 25.7. The number of para-hydroxylation sites is 1. The number of likely N-dealkylation sites (N-methyl/N-ethyl adjacent to an activating group) is 1. The van der Waals surface area contributed by atoms with Crippen molar-refractivity contribution in [2.45, 2.75) is 108 Å². The molecule has 8 atom stereocenters. The fraction of sp³-hybridized carbons (Fsp3) is 0.517. The number of fused-ring (bicyclic) bond motifs is 2. The smallest absolute Gasteiger partial charge is 0.252 e. The molecule has 3 saturated heterocycles. The number of piperazine rings is 1. The number of carbonyl (C=O) groups excluding carboxylic acids is 5. The van der Waals surface area contributed by atoms with Crippen LogP contribution in [0.5, 0.6) is 0 Å². The molecule has 0 aromatic heterocycles. The van der Waals surface area contributed by atoms with Crippen molar-refractivity contribution < 1.29 is 46.6 Å². The van der Waals surface area contributed by atoms with E-state index in [9.17, 15) is 28.4 Å². The maximum atomic E-state index is 15.0. The molecule has 0 saturated carbocycles. The predicted octanol–water partition coefficient (Wildman–Crippen LogP) is 5.22. The summed E-state index contributed by atoms with van der Waals surface area (Å²) in [4.78, 5) is 79.9. The predicted molar refractivity (Wildman–Crippen MR) is 299 cm³/mol. The molecule has 1 unspecified atom stereocenters. The third-order valence-corrected chi connectivity index (χ3v) is 17.1. The van der Waals surface area contributed by atoms with Crippen LogP contribution in [0, 0.1) is 29.3 Å². The van der Waals surface area contributed by atoms with Gasteiger partial charge >= 0.3 is 0 Å². The number of anilines is 3. The molecule has 0 aliphatic carbocycles. The monoisotopic (exact) mass is 1110 g/mol. The van der Waals surface area contributed by atoms with Gasteiger partial charge in [0.1, 0.15) is 29.2 Å². The van der Waals surface area contributed by atoms with Gasteiger partial charge in [0.2, 0.25) is 23.6 Å². The molecule has 4 aromatic rings. The number of nitrogens with one attached hydrogen (secondary N) is 5. The topological polar surface area (TPSA) is 203 Å². The van der Waals surface area contributed by atoms with Crippen molar-refractivity contribution in [1.82, 2.24) is 30.7 Å². The van der Waals surface area contributed by atoms with Gasteiger partial charge in [-0.2, -0.15) is 0 Å². The standard InChI is InChI=1S/C60H77F3N10O7/c1-36-30-71(45(29-67-36)32-70-22-25-80-34-37(70)2)33-52(75)73-35-60(4,47-18-13-40(27-50(47)73)26-39-11-15-43(61)16-12-39)59(78)66-21-7-10-51(74)68-44-17-14-42-31-72(58(77)53(54(64)38(3)65-5)41-19-23-79-24-20-41)56(46(42)28-44)57(76)69-55-48(62)8-6-9-49(55)63/h6,8-9,11-18,27-28,36-38,41,45,53-54,56,65,67H,7,10,19-26,29-35,64H2,1-5H3,(H,66,78)(H,68,74)(H,69,76)/t36-,37-,38+,45-,53+,54?,56+,60-/m1/s1. The van der Waals surface area contributed by atoms with Crippen molar-refractivity contribution in [2.75, 3.05) is 94.8 Å². The number of nitrogens with two attached hydrogens (primary N) is 1. The van der Waals surface area contributed by atoms with Crippen LogP contribution < -0.4 is 37.2 Å². The van der Waals surface area contributed by atoms with Crippen LogP contribution in [0.2, 0.25) is 0 Å². The number of amides is 5. The summed E-state index contributed by atoms with van der Waals surface area (Å²) in [5.41, 5.74) is 9.52. The molecule has 0 radical (unpaired) electrons. The number of benzene rings is 4. The molecule has 20 heteroatoms. The Morgan fingerprint density at radius 1 is 0.887 bits per heavy atom. The minimum absolute atomic E-state index is 0.00490. The minimum Gasteiger partial charge on any atom is -0.381 e. The van der Waals surface area contributed by atoms with E-state index < -0.39 is 46.6 Å². The molecule has 9 rings (SSSR count). The molecule has 5 aliphatic rings. The lowest BCUT2D eigenvalue weighted by Crippen LogP contribution is -2.62. The Kier molecular flexibility index (Phi) is 18.7. The Balaban J connectivity index is 0.879. The van der Waals surface area contributed by atoms with E-state index in [1.807, 2.05) is 32.0 Å². The van der Waals surface area contributed by atoms with E-state index in [4.69, 9.17) is 15.2 Å². The molecular formula is C60H77F3N10O7. The van der Waals surface area contributed by atoms with Gasteiger partial charge < -0.3 is 51.6 Å². The van der Waals surface area contributed by atoms with E-state index in [0.717, 1.165) is 42.9 Å². The molecule has 17 nitrogen and oxygen atoms in total. The highest BCUT2D eigenvalue weighted by Gasteiger charge is 2.48. The van der Waals surface area contributed by atoms with Gasteiger partial charge in [-0.3, -0.25) is 33.8 Å². The van der Waals surface area contributed by atoms with E-state index in [0.29, 0.717) is 80.3 Å². The van der Waals surface area contributed by atoms with Gasteiger partial charge in [0.25, 0.3) is 5.91 Å². The Labute approximate surface area is 466 Å². The van der Waals surface area contributed by atoms with Crippen molar-refractivity contribution in [3.8, 4) is 0 Å². The molecule has 4 aromatic carbocycles. The van der Waals surface area contributed by atoms with Gasteiger partial charge in [-0.05, 0) is 137 Å². The Hall–Kier alpha value is -6.26. The zero-order valence-corrected chi connectivity index (χ0v) is 46.5. The highest BCUT2D eigenvalue weighted by Crippen LogP contribution is 2.43. The van der Waals surface area contributed by atoms with Gasteiger partial charge in [-0.15, -0.1) is 0 Å². The van der Waals surface area contributed by atoms with E-state index in [2.05, 4.69) is 50.2 Å². The number of carbonyl (C=O) groups is 5. The molecule has 7 N–H and O–H groups in total. The lowest BCUT2D eigenvalue weighted by molar-refractivity contribution is -0.146. The number of halogens is 3.